The zero-order valence-corrected chi connectivity index (χ0v) is 13.2. The predicted octanol–water partition coefficient (Wildman–Crippen LogP) is 5.67. The summed E-state index contributed by atoms with van der Waals surface area (Å²) in [5, 5.41) is 3.96. The van der Waals surface area contributed by atoms with Crippen LogP contribution in [0.25, 0.3) is 17.1 Å². The minimum absolute atomic E-state index is 0.00232. The number of halogens is 5. The van der Waals surface area contributed by atoms with Gasteiger partial charge in [-0.1, -0.05) is 23.7 Å². The van der Waals surface area contributed by atoms with Crippen molar-refractivity contribution in [3.05, 3.63) is 63.7 Å². The molecule has 0 N–H and O–H groups in total. The highest BCUT2D eigenvalue weighted by Gasteiger charge is 2.34. The number of para-hydroxylation sites is 1. The molecule has 3 rings (SSSR count). The van der Waals surface area contributed by atoms with Gasteiger partial charge in [-0.25, -0.2) is 4.39 Å². The SMILES string of the molecule is Fc1ccc(-c2nn(-c3ccccc3C(F)(F)F)c(=S)o2)c(Cl)c1. The Morgan fingerprint density at radius 3 is 2.50 bits per heavy atom. The smallest absolute Gasteiger partial charge is 0.409 e. The van der Waals surface area contributed by atoms with Crippen molar-refractivity contribution in [2.45, 2.75) is 6.18 Å². The average molecular weight is 375 g/mol. The van der Waals surface area contributed by atoms with Crippen molar-refractivity contribution in [2.75, 3.05) is 0 Å². The molecule has 124 valence electrons. The Labute approximate surface area is 143 Å². The lowest BCUT2D eigenvalue weighted by atomic mass is 10.2. The van der Waals surface area contributed by atoms with Crippen LogP contribution in [-0.2, 0) is 6.18 Å². The molecule has 3 aromatic rings. The first-order chi connectivity index (χ1) is 11.3. The molecule has 1 heterocycles. The monoisotopic (exact) mass is 374 g/mol. The first-order valence-electron chi connectivity index (χ1n) is 6.49. The third kappa shape index (κ3) is 3.07. The van der Waals surface area contributed by atoms with Gasteiger partial charge in [0.15, 0.2) is 0 Å². The normalized spacial score (nSPS) is 11.7. The van der Waals surface area contributed by atoms with Crippen LogP contribution < -0.4 is 0 Å². The zero-order chi connectivity index (χ0) is 17.5. The molecule has 0 aliphatic heterocycles. The molecule has 1 aromatic heterocycles. The van der Waals surface area contributed by atoms with E-state index in [1.165, 1.54) is 24.3 Å². The fourth-order valence-corrected chi connectivity index (χ4v) is 2.57. The summed E-state index contributed by atoms with van der Waals surface area (Å²) in [5.41, 5.74) is -0.971. The Balaban J connectivity index is 2.17. The maximum Gasteiger partial charge on any atom is 0.418 e. The van der Waals surface area contributed by atoms with Gasteiger partial charge in [0.05, 0.1) is 21.8 Å². The summed E-state index contributed by atoms with van der Waals surface area (Å²) in [6.45, 7) is 0. The maximum absolute atomic E-state index is 13.1. The second kappa shape index (κ2) is 6.03. The second-order valence-electron chi connectivity index (χ2n) is 4.72. The van der Waals surface area contributed by atoms with Crippen LogP contribution >= 0.6 is 23.8 Å². The Hall–Kier alpha value is -2.19. The van der Waals surface area contributed by atoms with Crippen LogP contribution in [0.1, 0.15) is 5.56 Å². The number of rotatable bonds is 2. The van der Waals surface area contributed by atoms with Crippen LogP contribution in [-0.4, -0.2) is 9.78 Å². The number of benzene rings is 2. The summed E-state index contributed by atoms with van der Waals surface area (Å²) in [6, 6.07) is 8.28. The summed E-state index contributed by atoms with van der Waals surface area (Å²) in [4.78, 5) is -0.290. The molecule has 0 radical (unpaired) electrons. The second-order valence-corrected chi connectivity index (χ2v) is 5.48. The molecule has 9 heteroatoms. The molecule has 0 unspecified atom stereocenters. The highest BCUT2D eigenvalue weighted by molar-refractivity contribution is 7.71. The summed E-state index contributed by atoms with van der Waals surface area (Å²) in [5.74, 6) is -0.675. The van der Waals surface area contributed by atoms with Crippen molar-refractivity contribution < 1.29 is 22.0 Å². The van der Waals surface area contributed by atoms with E-state index in [1.54, 1.807) is 0 Å². The highest BCUT2D eigenvalue weighted by Crippen LogP contribution is 2.34. The van der Waals surface area contributed by atoms with E-state index in [0.29, 0.717) is 0 Å². The summed E-state index contributed by atoms with van der Waals surface area (Å²) < 4.78 is 58.6. The Morgan fingerprint density at radius 1 is 1.12 bits per heavy atom. The number of hydrogen-bond donors (Lipinski definition) is 0. The molecular formula is C15H7ClF4N2OS. The lowest BCUT2D eigenvalue weighted by molar-refractivity contribution is -0.137. The van der Waals surface area contributed by atoms with Gasteiger partial charge < -0.3 is 4.42 Å². The van der Waals surface area contributed by atoms with Gasteiger partial charge in [0, 0.05) is 0 Å². The number of hydrogen-bond acceptors (Lipinski definition) is 3. The van der Waals surface area contributed by atoms with Gasteiger partial charge in [-0.3, -0.25) is 0 Å². The number of nitrogens with zero attached hydrogens (tertiary/aromatic N) is 2. The standard InChI is InChI=1S/C15H7ClF4N2OS/c16-11-7-8(17)5-6-9(11)13-21-22(14(24)23-13)12-4-2-1-3-10(12)15(18,19)20/h1-7H. The molecule has 2 aromatic carbocycles. The van der Waals surface area contributed by atoms with E-state index in [4.69, 9.17) is 28.2 Å². The van der Waals surface area contributed by atoms with Gasteiger partial charge in [-0.2, -0.15) is 17.9 Å². The minimum Gasteiger partial charge on any atom is -0.409 e. The molecule has 0 fully saturated rings. The third-order valence-electron chi connectivity index (χ3n) is 3.15. The lowest BCUT2D eigenvalue weighted by Crippen LogP contribution is -2.11. The summed E-state index contributed by atoms with van der Waals surface area (Å²) in [6.07, 6.45) is -4.59. The molecule has 0 amide bonds. The van der Waals surface area contributed by atoms with Crippen molar-refractivity contribution in [1.82, 2.24) is 9.78 Å². The van der Waals surface area contributed by atoms with Gasteiger partial charge in [0.1, 0.15) is 5.82 Å². The van der Waals surface area contributed by atoms with Gasteiger partial charge in [-0.15, -0.1) is 5.10 Å². The van der Waals surface area contributed by atoms with E-state index < -0.39 is 17.6 Å². The first kappa shape index (κ1) is 16.7. The molecular weight excluding hydrogens is 368 g/mol. The molecule has 0 saturated heterocycles. The number of alkyl halides is 3. The largest absolute Gasteiger partial charge is 0.418 e. The molecule has 3 nitrogen and oxygen atoms in total. The fourth-order valence-electron chi connectivity index (χ4n) is 2.10. The van der Waals surface area contributed by atoms with Crippen LogP contribution in [0.3, 0.4) is 0 Å². The topological polar surface area (TPSA) is 31.0 Å². The minimum atomic E-state index is -4.59. The molecule has 0 atom stereocenters. The summed E-state index contributed by atoms with van der Waals surface area (Å²) in [7, 11) is 0. The van der Waals surface area contributed by atoms with Crippen LogP contribution in [0.5, 0.6) is 0 Å². The highest BCUT2D eigenvalue weighted by atomic mass is 35.5. The van der Waals surface area contributed by atoms with Crippen molar-refractivity contribution in [3.63, 3.8) is 0 Å². The fraction of sp³-hybridized carbons (Fsp3) is 0.0667. The molecule has 0 saturated carbocycles. The van der Waals surface area contributed by atoms with E-state index in [9.17, 15) is 17.6 Å². The van der Waals surface area contributed by atoms with Crippen LogP contribution in [0, 0.1) is 10.7 Å². The van der Waals surface area contributed by atoms with E-state index in [2.05, 4.69) is 5.10 Å². The third-order valence-corrected chi connectivity index (χ3v) is 3.72. The number of aromatic nitrogens is 2. The van der Waals surface area contributed by atoms with Crippen molar-refractivity contribution in [3.8, 4) is 17.1 Å². The van der Waals surface area contributed by atoms with E-state index in [0.717, 1.165) is 22.9 Å². The molecule has 0 bridgehead atoms. The predicted molar refractivity (Wildman–Crippen MR) is 82.1 cm³/mol. The Kier molecular flexibility index (Phi) is 4.18. The lowest BCUT2D eigenvalue weighted by Gasteiger charge is -2.11. The van der Waals surface area contributed by atoms with E-state index in [1.807, 2.05) is 0 Å². The zero-order valence-electron chi connectivity index (χ0n) is 11.6. The van der Waals surface area contributed by atoms with Gasteiger partial charge in [0.25, 0.3) is 4.84 Å². The van der Waals surface area contributed by atoms with Gasteiger partial charge >= 0.3 is 6.18 Å². The first-order valence-corrected chi connectivity index (χ1v) is 7.28. The van der Waals surface area contributed by atoms with Crippen LogP contribution in [0.15, 0.2) is 46.9 Å². The van der Waals surface area contributed by atoms with Crippen molar-refractivity contribution in [2.24, 2.45) is 0 Å². The van der Waals surface area contributed by atoms with Crippen LogP contribution in [0.4, 0.5) is 17.6 Å². The average Bonchev–Trinajstić information content (AvgIpc) is 2.88. The van der Waals surface area contributed by atoms with Crippen molar-refractivity contribution in [1.29, 1.82) is 0 Å². The molecule has 0 aliphatic rings. The van der Waals surface area contributed by atoms with Crippen molar-refractivity contribution >= 4 is 23.8 Å². The molecule has 0 aliphatic carbocycles. The van der Waals surface area contributed by atoms with E-state index >= 15 is 0 Å². The Bertz CT molecular complexity index is 965. The van der Waals surface area contributed by atoms with Gasteiger partial charge in [0.2, 0.25) is 5.89 Å². The van der Waals surface area contributed by atoms with Gasteiger partial charge in [-0.05, 0) is 42.5 Å². The molecule has 0 spiro atoms. The van der Waals surface area contributed by atoms with E-state index in [-0.39, 0.29) is 27.0 Å². The van der Waals surface area contributed by atoms with Crippen LogP contribution in [0.2, 0.25) is 5.02 Å². The maximum atomic E-state index is 13.1. The summed E-state index contributed by atoms with van der Waals surface area (Å²) >= 11 is 10.9. The molecule has 24 heavy (non-hydrogen) atoms. The Morgan fingerprint density at radius 2 is 1.83 bits per heavy atom. The quantitative estimate of drug-likeness (QED) is 0.427.